The van der Waals surface area contributed by atoms with Gasteiger partial charge >= 0.3 is 0 Å². The maximum Gasteiger partial charge on any atom is 0.190 e. The number of hydrogen-bond acceptors (Lipinski definition) is 1. The van der Waals surface area contributed by atoms with Gasteiger partial charge in [0.15, 0.2) is 17.4 Å². The van der Waals surface area contributed by atoms with Gasteiger partial charge in [-0.1, -0.05) is 46.5 Å². The van der Waals surface area contributed by atoms with Crippen LogP contribution in [-0.4, -0.2) is 7.11 Å². The number of ether oxygens (including phenoxy) is 1. The van der Waals surface area contributed by atoms with Crippen LogP contribution in [0.5, 0.6) is 5.75 Å². The molecule has 2 fully saturated rings. The van der Waals surface area contributed by atoms with Gasteiger partial charge < -0.3 is 4.74 Å². The molecule has 0 spiro atoms. The van der Waals surface area contributed by atoms with Crippen molar-refractivity contribution in [3.05, 3.63) is 29.3 Å². The first kappa shape index (κ1) is 22.2. The second-order valence-electron chi connectivity index (χ2n) is 8.20. The van der Waals surface area contributed by atoms with Gasteiger partial charge in [-0.25, -0.2) is 8.78 Å². The molecule has 3 heteroatoms. The molecular formula is C24H38F2O. The normalized spacial score (nSPS) is 28.2. The molecule has 1 nitrogen and oxygen atoms in total. The number of hydrogen-bond donors (Lipinski definition) is 0. The summed E-state index contributed by atoms with van der Waals surface area (Å²) in [4.78, 5) is 0. The summed E-state index contributed by atoms with van der Waals surface area (Å²) >= 11 is 0. The Morgan fingerprint density at radius 1 is 0.852 bits per heavy atom. The molecule has 3 rings (SSSR count). The van der Waals surface area contributed by atoms with Crippen molar-refractivity contribution in [1.29, 1.82) is 0 Å². The van der Waals surface area contributed by atoms with E-state index >= 15 is 0 Å². The predicted octanol–water partition coefficient (Wildman–Crippen LogP) is 7.88. The highest BCUT2D eigenvalue weighted by molar-refractivity contribution is 5.33. The topological polar surface area (TPSA) is 9.23 Å². The highest BCUT2D eigenvalue weighted by atomic mass is 19.1. The van der Waals surface area contributed by atoms with Gasteiger partial charge in [0.2, 0.25) is 0 Å². The molecule has 27 heavy (non-hydrogen) atoms. The van der Waals surface area contributed by atoms with E-state index in [4.69, 9.17) is 4.74 Å². The maximum atomic E-state index is 14.0. The predicted molar refractivity (Wildman–Crippen MR) is 109 cm³/mol. The second-order valence-corrected chi connectivity index (χ2v) is 8.20. The van der Waals surface area contributed by atoms with Gasteiger partial charge in [0.25, 0.3) is 0 Å². The molecule has 2 saturated carbocycles. The van der Waals surface area contributed by atoms with Crippen molar-refractivity contribution >= 4 is 0 Å². The maximum absolute atomic E-state index is 14.0. The van der Waals surface area contributed by atoms with Crippen LogP contribution in [0.2, 0.25) is 0 Å². The summed E-state index contributed by atoms with van der Waals surface area (Å²) in [6.45, 7) is 6.29. The Morgan fingerprint density at radius 3 is 1.78 bits per heavy atom. The minimum Gasteiger partial charge on any atom is -0.491 e. The Balaban J connectivity index is 0.00000126. The molecule has 0 saturated heterocycles. The summed E-state index contributed by atoms with van der Waals surface area (Å²) in [5.41, 5.74) is 0.806. The second kappa shape index (κ2) is 11.0. The van der Waals surface area contributed by atoms with E-state index < -0.39 is 11.6 Å². The fourth-order valence-corrected chi connectivity index (χ4v) is 5.29. The van der Waals surface area contributed by atoms with Crippen LogP contribution in [0.4, 0.5) is 8.78 Å². The van der Waals surface area contributed by atoms with E-state index in [2.05, 4.69) is 6.92 Å². The van der Waals surface area contributed by atoms with Crippen LogP contribution >= 0.6 is 0 Å². The number of benzene rings is 1. The standard InChI is InChI=1S/C22H32F2O.C2H6/c1-3-4-15-5-7-16(8-6-15)17-9-11-18(12-10-17)19-13-20(23)22(25-2)21(24)14-19;1-2/h13-18H,3-12H2,1-2H3;1-2H3. The third kappa shape index (κ3) is 5.68. The molecule has 2 aliphatic carbocycles. The van der Waals surface area contributed by atoms with Crippen molar-refractivity contribution in [3.63, 3.8) is 0 Å². The van der Waals surface area contributed by atoms with Crippen LogP contribution < -0.4 is 4.74 Å². The van der Waals surface area contributed by atoms with Crippen molar-refractivity contribution in [2.45, 2.75) is 90.9 Å². The summed E-state index contributed by atoms with van der Waals surface area (Å²) in [6.07, 6.45) is 12.9. The summed E-state index contributed by atoms with van der Waals surface area (Å²) < 4.78 is 32.7. The monoisotopic (exact) mass is 380 g/mol. The van der Waals surface area contributed by atoms with E-state index in [1.165, 1.54) is 70.6 Å². The average Bonchev–Trinajstić information content (AvgIpc) is 2.70. The Morgan fingerprint density at radius 2 is 1.33 bits per heavy atom. The lowest BCUT2D eigenvalue weighted by Crippen LogP contribution is -2.25. The van der Waals surface area contributed by atoms with Crippen LogP contribution in [0.25, 0.3) is 0 Å². The smallest absolute Gasteiger partial charge is 0.190 e. The highest BCUT2D eigenvalue weighted by Crippen LogP contribution is 2.45. The largest absolute Gasteiger partial charge is 0.491 e. The van der Waals surface area contributed by atoms with E-state index in [9.17, 15) is 8.78 Å². The molecule has 0 radical (unpaired) electrons. The van der Waals surface area contributed by atoms with E-state index in [1.54, 1.807) is 0 Å². The molecule has 0 aromatic heterocycles. The van der Waals surface area contributed by atoms with Crippen LogP contribution in [-0.2, 0) is 0 Å². The van der Waals surface area contributed by atoms with Crippen molar-refractivity contribution in [2.24, 2.45) is 17.8 Å². The molecule has 154 valence electrons. The van der Waals surface area contributed by atoms with Gasteiger partial charge in [-0.15, -0.1) is 0 Å². The van der Waals surface area contributed by atoms with Gasteiger partial charge in [0.05, 0.1) is 7.11 Å². The molecule has 1 aromatic rings. The van der Waals surface area contributed by atoms with Crippen LogP contribution in [0.3, 0.4) is 0 Å². The first-order valence-corrected chi connectivity index (χ1v) is 11.1. The van der Waals surface area contributed by atoms with Crippen molar-refractivity contribution in [3.8, 4) is 5.75 Å². The third-order valence-electron chi connectivity index (χ3n) is 6.72. The zero-order valence-corrected chi connectivity index (χ0v) is 17.7. The van der Waals surface area contributed by atoms with Gasteiger partial charge in [-0.2, -0.15) is 0 Å². The molecule has 1 aromatic carbocycles. The van der Waals surface area contributed by atoms with E-state index in [0.717, 1.165) is 36.2 Å². The molecule has 0 unspecified atom stereocenters. The Hall–Kier alpha value is -1.12. The van der Waals surface area contributed by atoms with Gasteiger partial charge in [0, 0.05) is 0 Å². The molecule has 2 aliphatic rings. The molecule has 0 atom stereocenters. The first-order chi connectivity index (χ1) is 13.1. The number of rotatable bonds is 5. The fraction of sp³-hybridized carbons (Fsp3) is 0.750. The van der Waals surface area contributed by atoms with Crippen LogP contribution in [0, 0.1) is 29.4 Å². The molecule has 0 amide bonds. The third-order valence-corrected chi connectivity index (χ3v) is 6.72. The number of halogens is 2. The molecular weight excluding hydrogens is 342 g/mol. The summed E-state index contributed by atoms with van der Waals surface area (Å²) in [6, 6.07) is 2.95. The van der Waals surface area contributed by atoms with Crippen LogP contribution in [0.1, 0.15) is 96.5 Å². The zero-order valence-electron chi connectivity index (χ0n) is 17.7. The Labute approximate surface area is 164 Å². The quantitative estimate of drug-likeness (QED) is 0.505. The zero-order chi connectivity index (χ0) is 19.8. The molecule has 0 bridgehead atoms. The molecule has 0 aliphatic heterocycles. The lowest BCUT2D eigenvalue weighted by molar-refractivity contribution is 0.156. The van der Waals surface area contributed by atoms with Gasteiger partial charge in [0.1, 0.15) is 0 Å². The highest BCUT2D eigenvalue weighted by Gasteiger charge is 2.31. The Kier molecular flexibility index (Phi) is 9.05. The lowest BCUT2D eigenvalue weighted by atomic mass is 9.68. The Bertz CT molecular complexity index is 532. The van der Waals surface area contributed by atoms with E-state index in [0.29, 0.717) is 5.92 Å². The van der Waals surface area contributed by atoms with E-state index in [1.807, 2.05) is 13.8 Å². The lowest BCUT2D eigenvalue weighted by Gasteiger charge is -2.38. The average molecular weight is 381 g/mol. The van der Waals surface area contributed by atoms with Gasteiger partial charge in [-0.05, 0) is 79.9 Å². The SMILES string of the molecule is CC.CCCC1CCC(C2CCC(c3cc(F)c(OC)c(F)c3)CC2)CC1. The summed E-state index contributed by atoms with van der Waals surface area (Å²) in [5.74, 6) is 1.56. The van der Waals surface area contributed by atoms with Crippen molar-refractivity contribution in [1.82, 2.24) is 0 Å². The number of methoxy groups -OCH3 is 1. The summed E-state index contributed by atoms with van der Waals surface area (Å²) in [5, 5.41) is 0. The minimum atomic E-state index is -0.575. The summed E-state index contributed by atoms with van der Waals surface area (Å²) in [7, 11) is 1.31. The van der Waals surface area contributed by atoms with Crippen molar-refractivity contribution < 1.29 is 13.5 Å². The molecule has 0 N–H and O–H groups in total. The van der Waals surface area contributed by atoms with E-state index in [-0.39, 0.29) is 5.75 Å². The molecule has 0 heterocycles. The van der Waals surface area contributed by atoms with Crippen molar-refractivity contribution in [2.75, 3.05) is 7.11 Å². The van der Waals surface area contributed by atoms with Crippen LogP contribution in [0.15, 0.2) is 12.1 Å². The minimum absolute atomic E-state index is 0.263. The first-order valence-electron chi connectivity index (χ1n) is 11.1. The van der Waals surface area contributed by atoms with Gasteiger partial charge in [-0.3, -0.25) is 0 Å². The fourth-order valence-electron chi connectivity index (χ4n) is 5.29.